The van der Waals surface area contributed by atoms with Crippen LogP contribution in [-0.4, -0.2) is 30.1 Å². The maximum Gasteiger partial charge on any atom is 0.119 e. The minimum absolute atomic E-state index is 0.556. The van der Waals surface area contributed by atoms with Gasteiger partial charge in [-0.25, -0.2) is 4.98 Å². The SMILES string of the molecule is COCc1nc(CNC(C)CCSC)cs1. The van der Waals surface area contributed by atoms with Crippen molar-refractivity contribution in [2.75, 3.05) is 19.1 Å². The number of thiazole rings is 1. The van der Waals surface area contributed by atoms with E-state index in [-0.39, 0.29) is 0 Å². The van der Waals surface area contributed by atoms with Crippen molar-refractivity contribution in [3.8, 4) is 0 Å². The van der Waals surface area contributed by atoms with Gasteiger partial charge in [-0.15, -0.1) is 11.3 Å². The maximum atomic E-state index is 5.04. The van der Waals surface area contributed by atoms with Gasteiger partial charge in [0.15, 0.2) is 0 Å². The van der Waals surface area contributed by atoms with Gasteiger partial charge in [-0.2, -0.15) is 11.8 Å². The molecule has 0 spiro atoms. The lowest BCUT2D eigenvalue weighted by Gasteiger charge is -2.11. The monoisotopic (exact) mass is 260 g/mol. The van der Waals surface area contributed by atoms with Crippen LogP contribution in [0.2, 0.25) is 0 Å². The van der Waals surface area contributed by atoms with Gasteiger partial charge >= 0.3 is 0 Å². The summed E-state index contributed by atoms with van der Waals surface area (Å²) in [7, 11) is 1.70. The number of methoxy groups -OCH3 is 1. The van der Waals surface area contributed by atoms with Crippen molar-refractivity contribution in [3.05, 3.63) is 16.1 Å². The van der Waals surface area contributed by atoms with Crippen molar-refractivity contribution in [1.82, 2.24) is 10.3 Å². The first kappa shape index (κ1) is 14.0. The molecule has 1 atom stereocenters. The number of hydrogen-bond acceptors (Lipinski definition) is 5. The molecule has 0 bridgehead atoms. The minimum atomic E-state index is 0.556. The Kier molecular flexibility index (Phi) is 7.03. The Hall–Kier alpha value is -0.100. The Balaban J connectivity index is 2.25. The molecule has 0 aliphatic heterocycles. The van der Waals surface area contributed by atoms with Crippen molar-refractivity contribution in [3.63, 3.8) is 0 Å². The molecule has 1 N–H and O–H groups in total. The van der Waals surface area contributed by atoms with Crippen LogP contribution in [0.1, 0.15) is 24.0 Å². The maximum absolute atomic E-state index is 5.04. The molecule has 0 amide bonds. The zero-order valence-corrected chi connectivity index (χ0v) is 11.8. The summed E-state index contributed by atoms with van der Waals surface area (Å²) < 4.78 is 5.04. The minimum Gasteiger partial charge on any atom is -0.378 e. The highest BCUT2D eigenvalue weighted by Crippen LogP contribution is 2.10. The van der Waals surface area contributed by atoms with Crippen LogP contribution in [0.4, 0.5) is 0 Å². The fourth-order valence-corrected chi connectivity index (χ4v) is 2.65. The van der Waals surface area contributed by atoms with E-state index in [1.54, 1.807) is 18.4 Å². The molecular formula is C11H20N2OS2. The van der Waals surface area contributed by atoms with Crippen molar-refractivity contribution >= 4 is 23.1 Å². The summed E-state index contributed by atoms with van der Waals surface area (Å²) in [6, 6.07) is 0.556. The lowest BCUT2D eigenvalue weighted by atomic mass is 10.2. The molecule has 0 saturated heterocycles. The van der Waals surface area contributed by atoms with Crippen LogP contribution < -0.4 is 5.32 Å². The third-order valence-corrected chi connectivity index (χ3v) is 3.77. The van der Waals surface area contributed by atoms with Crippen LogP contribution in [0.3, 0.4) is 0 Å². The Labute approximate surface area is 106 Å². The Morgan fingerprint density at radius 3 is 3.12 bits per heavy atom. The summed E-state index contributed by atoms with van der Waals surface area (Å²) in [5, 5.41) is 6.63. The van der Waals surface area contributed by atoms with Gasteiger partial charge in [-0.3, -0.25) is 0 Å². The second-order valence-corrected chi connectivity index (χ2v) is 5.66. The van der Waals surface area contributed by atoms with E-state index < -0.39 is 0 Å². The van der Waals surface area contributed by atoms with Gasteiger partial charge in [0.1, 0.15) is 5.01 Å². The molecule has 16 heavy (non-hydrogen) atoms. The van der Waals surface area contributed by atoms with E-state index in [0.29, 0.717) is 12.6 Å². The number of thioether (sulfide) groups is 1. The highest BCUT2D eigenvalue weighted by Gasteiger charge is 2.04. The average molecular weight is 260 g/mol. The predicted octanol–water partition coefficient (Wildman–Crippen LogP) is 2.52. The van der Waals surface area contributed by atoms with E-state index in [0.717, 1.165) is 17.2 Å². The van der Waals surface area contributed by atoms with Crippen LogP contribution in [0, 0.1) is 0 Å². The van der Waals surface area contributed by atoms with E-state index in [4.69, 9.17) is 4.74 Å². The zero-order chi connectivity index (χ0) is 11.8. The molecular weight excluding hydrogens is 240 g/mol. The molecule has 92 valence electrons. The Morgan fingerprint density at radius 1 is 1.62 bits per heavy atom. The second-order valence-electron chi connectivity index (χ2n) is 3.73. The summed E-state index contributed by atoms with van der Waals surface area (Å²) >= 11 is 3.56. The number of hydrogen-bond donors (Lipinski definition) is 1. The van der Waals surface area contributed by atoms with E-state index in [9.17, 15) is 0 Å². The molecule has 0 aliphatic carbocycles. The predicted molar refractivity (Wildman–Crippen MR) is 72.1 cm³/mol. The molecule has 0 aliphatic rings. The Morgan fingerprint density at radius 2 is 2.44 bits per heavy atom. The zero-order valence-electron chi connectivity index (χ0n) is 10.2. The molecule has 1 aromatic rings. The number of aromatic nitrogens is 1. The van der Waals surface area contributed by atoms with Gasteiger partial charge in [0, 0.05) is 25.1 Å². The second kappa shape index (κ2) is 8.06. The van der Waals surface area contributed by atoms with Crippen LogP contribution in [0.15, 0.2) is 5.38 Å². The summed E-state index contributed by atoms with van der Waals surface area (Å²) in [5.74, 6) is 1.21. The van der Waals surface area contributed by atoms with Gasteiger partial charge in [0.25, 0.3) is 0 Å². The summed E-state index contributed by atoms with van der Waals surface area (Å²) in [6.07, 6.45) is 3.35. The van der Waals surface area contributed by atoms with E-state index in [1.165, 1.54) is 12.2 Å². The smallest absolute Gasteiger partial charge is 0.119 e. The molecule has 0 fully saturated rings. The molecule has 1 rings (SSSR count). The van der Waals surface area contributed by atoms with E-state index in [2.05, 4.69) is 28.9 Å². The van der Waals surface area contributed by atoms with Crippen LogP contribution >= 0.6 is 23.1 Å². The van der Waals surface area contributed by atoms with Crippen molar-refractivity contribution in [1.29, 1.82) is 0 Å². The van der Waals surface area contributed by atoms with Gasteiger partial charge in [0.05, 0.1) is 12.3 Å². The number of nitrogens with one attached hydrogen (secondary N) is 1. The molecule has 0 saturated carbocycles. The van der Waals surface area contributed by atoms with E-state index >= 15 is 0 Å². The topological polar surface area (TPSA) is 34.1 Å². The Bertz CT molecular complexity index is 291. The number of nitrogens with zero attached hydrogens (tertiary/aromatic N) is 1. The molecule has 0 radical (unpaired) electrons. The van der Waals surface area contributed by atoms with Gasteiger partial charge in [0.2, 0.25) is 0 Å². The number of rotatable bonds is 8. The van der Waals surface area contributed by atoms with Crippen molar-refractivity contribution in [2.24, 2.45) is 0 Å². The molecule has 1 aromatic heterocycles. The van der Waals surface area contributed by atoms with Crippen molar-refractivity contribution < 1.29 is 4.74 Å². The van der Waals surface area contributed by atoms with E-state index in [1.807, 2.05) is 11.8 Å². The molecule has 3 nitrogen and oxygen atoms in total. The number of ether oxygens (including phenoxy) is 1. The largest absolute Gasteiger partial charge is 0.378 e. The standard InChI is InChI=1S/C11H20N2OS2/c1-9(4-5-15-3)12-6-10-8-16-11(13-10)7-14-2/h8-9,12H,4-7H2,1-3H3. The van der Waals surface area contributed by atoms with Gasteiger partial charge in [-0.05, 0) is 25.4 Å². The van der Waals surface area contributed by atoms with Gasteiger partial charge < -0.3 is 10.1 Å². The first-order valence-corrected chi connectivity index (χ1v) is 7.68. The summed E-state index contributed by atoms with van der Waals surface area (Å²) in [4.78, 5) is 4.48. The van der Waals surface area contributed by atoms with Crippen molar-refractivity contribution in [2.45, 2.75) is 32.5 Å². The van der Waals surface area contributed by atoms with Crippen LogP contribution in [-0.2, 0) is 17.9 Å². The molecule has 1 unspecified atom stereocenters. The quantitative estimate of drug-likeness (QED) is 0.779. The van der Waals surface area contributed by atoms with Gasteiger partial charge in [-0.1, -0.05) is 0 Å². The normalized spacial score (nSPS) is 12.9. The fraction of sp³-hybridized carbons (Fsp3) is 0.727. The summed E-state index contributed by atoms with van der Waals surface area (Å²) in [5.41, 5.74) is 1.12. The first-order chi connectivity index (χ1) is 7.76. The summed E-state index contributed by atoms with van der Waals surface area (Å²) in [6.45, 7) is 3.70. The van der Waals surface area contributed by atoms with Crippen LogP contribution in [0.5, 0.6) is 0 Å². The molecule has 1 heterocycles. The highest BCUT2D eigenvalue weighted by molar-refractivity contribution is 7.98. The third kappa shape index (κ3) is 5.30. The molecule has 0 aromatic carbocycles. The van der Waals surface area contributed by atoms with Crippen LogP contribution in [0.25, 0.3) is 0 Å². The molecule has 5 heteroatoms. The third-order valence-electron chi connectivity index (χ3n) is 2.25. The lowest BCUT2D eigenvalue weighted by molar-refractivity contribution is 0.184. The first-order valence-electron chi connectivity index (χ1n) is 5.40. The average Bonchev–Trinajstić information content (AvgIpc) is 2.72. The fourth-order valence-electron chi connectivity index (χ4n) is 1.30. The lowest BCUT2D eigenvalue weighted by Crippen LogP contribution is -2.26. The highest BCUT2D eigenvalue weighted by atomic mass is 32.2.